The van der Waals surface area contributed by atoms with E-state index in [-0.39, 0.29) is 5.95 Å². The Kier molecular flexibility index (Phi) is 6.96. The van der Waals surface area contributed by atoms with Gasteiger partial charge in [0.1, 0.15) is 5.82 Å². The summed E-state index contributed by atoms with van der Waals surface area (Å²) in [5.74, 6) is 0.731. The first-order valence-corrected chi connectivity index (χ1v) is 9.10. The predicted octanol–water partition coefficient (Wildman–Crippen LogP) is 5.12. The van der Waals surface area contributed by atoms with E-state index in [0.717, 1.165) is 55.3 Å². The van der Waals surface area contributed by atoms with E-state index in [4.69, 9.17) is 46.3 Å². The molecular formula is C17H21Cl3N4. The van der Waals surface area contributed by atoms with Gasteiger partial charge in [-0.1, -0.05) is 48.1 Å². The lowest BCUT2D eigenvalue weighted by molar-refractivity contribution is 0.674. The molecule has 0 atom stereocenters. The van der Waals surface area contributed by atoms with Crippen LogP contribution in [0.4, 0.5) is 11.8 Å². The first kappa shape index (κ1) is 19.1. The van der Waals surface area contributed by atoms with Gasteiger partial charge < -0.3 is 11.5 Å². The van der Waals surface area contributed by atoms with Crippen LogP contribution in [0.5, 0.6) is 0 Å². The Morgan fingerprint density at radius 1 is 0.875 bits per heavy atom. The summed E-state index contributed by atoms with van der Waals surface area (Å²) < 4.78 is 0. The minimum atomic E-state index is 0.238. The quantitative estimate of drug-likeness (QED) is 0.510. The Morgan fingerprint density at radius 3 is 2.25 bits per heavy atom. The number of benzene rings is 1. The van der Waals surface area contributed by atoms with Gasteiger partial charge in [-0.05, 0) is 49.8 Å². The van der Waals surface area contributed by atoms with Gasteiger partial charge in [0, 0.05) is 10.6 Å². The molecule has 24 heavy (non-hydrogen) atoms. The van der Waals surface area contributed by atoms with Gasteiger partial charge >= 0.3 is 0 Å². The van der Waals surface area contributed by atoms with Gasteiger partial charge in [0.25, 0.3) is 0 Å². The van der Waals surface area contributed by atoms with Crippen molar-refractivity contribution in [2.24, 2.45) is 0 Å². The highest BCUT2D eigenvalue weighted by Gasteiger charge is 2.10. The lowest BCUT2D eigenvalue weighted by Gasteiger charge is -2.11. The van der Waals surface area contributed by atoms with Crippen LogP contribution in [0.3, 0.4) is 0 Å². The van der Waals surface area contributed by atoms with E-state index in [2.05, 4.69) is 9.97 Å². The van der Waals surface area contributed by atoms with Gasteiger partial charge in [0.15, 0.2) is 0 Å². The SMILES string of the molecule is CCc1nc(N)nc(N)c1CCCCCc1cc(Cl)c(Cl)cc1Cl. The van der Waals surface area contributed by atoms with E-state index in [0.29, 0.717) is 20.9 Å². The van der Waals surface area contributed by atoms with E-state index in [9.17, 15) is 0 Å². The molecule has 0 saturated carbocycles. The summed E-state index contributed by atoms with van der Waals surface area (Å²) in [7, 11) is 0. The summed E-state index contributed by atoms with van der Waals surface area (Å²) in [6.07, 6.45) is 5.57. The van der Waals surface area contributed by atoms with Crippen molar-refractivity contribution in [3.63, 3.8) is 0 Å². The van der Waals surface area contributed by atoms with Crippen LogP contribution < -0.4 is 11.5 Å². The van der Waals surface area contributed by atoms with E-state index in [1.165, 1.54) is 0 Å². The number of aromatic nitrogens is 2. The zero-order valence-corrected chi connectivity index (χ0v) is 15.8. The fourth-order valence-corrected chi connectivity index (χ4v) is 3.35. The number of aryl methyl sites for hydroxylation is 2. The maximum absolute atomic E-state index is 6.20. The smallest absolute Gasteiger partial charge is 0.222 e. The fourth-order valence-electron chi connectivity index (χ4n) is 2.68. The third-order valence-corrected chi connectivity index (χ3v) is 5.01. The Morgan fingerprint density at radius 2 is 1.54 bits per heavy atom. The van der Waals surface area contributed by atoms with Crippen LogP contribution in [0, 0.1) is 0 Å². The molecule has 2 rings (SSSR count). The third-order valence-electron chi connectivity index (χ3n) is 3.94. The number of anilines is 2. The van der Waals surface area contributed by atoms with Crippen molar-refractivity contribution in [2.45, 2.75) is 45.4 Å². The van der Waals surface area contributed by atoms with Crippen molar-refractivity contribution in [2.75, 3.05) is 11.5 Å². The van der Waals surface area contributed by atoms with Gasteiger partial charge in [-0.2, -0.15) is 4.98 Å². The molecule has 4 nitrogen and oxygen atoms in total. The number of rotatable bonds is 7. The summed E-state index contributed by atoms with van der Waals surface area (Å²) in [6.45, 7) is 2.04. The number of nitrogens with zero attached hydrogens (tertiary/aromatic N) is 2. The van der Waals surface area contributed by atoms with Gasteiger partial charge in [-0.3, -0.25) is 0 Å². The molecule has 1 aromatic heterocycles. The lowest BCUT2D eigenvalue weighted by Crippen LogP contribution is -2.08. The summed E-state index contributed by atoms with van der Waals surface area (Å²) in [6, 6.07) is 3.54. The van der Waals surface area contributed by atoms with Crippen LogP contribution in [0.2, 0.25) is 15.1 Å². The number of halogens is 3. The maximum Gasteiger partial charge on any atom is 0.222 e. The van der Waals surface area contributed by atoms with E-state index < -0.39 is 0 Å². The molecule has 1 aromatic carbocycles. The third kappa shape index (κ3) is 4.88. The Bertz CT molecular complexity index is 719. The van der Waals surface area contributed by atoms with Crippen LogP contribution in [0.15, 0.2) is 12.1 Å². The molecule has 0 aliphatic rings. The van der Waals surface area contributed by atoms with E-state index in [1.54, 1.807) is 6.07 Å². The van der Waals surface area contributed by atoms with Crippen molar-refractivity contribution in [1.29, 1.82) is 0 Å². The molecule has 1 heterocycles. The second-order valence-corrected chi connectivity index (χ2v) is 6.89. The number of hydrogen-bond donors (Lipinski definition) is 2. The van der Waals surface area contributed by atoms with Crippen LogP contribution in [0.1, 0.15) is 43.0 Å². The van der Waals surface area contributed by atoms with Crippen molar-refractivity contribution < 1.29 is 0 Å². The zero-order valence-electron chi connectivity index (χ0n) is 13.6. The highest BCUT2D eigenvalue weighted by atomic mass is 35.5. The van der Waals surface area contributed by atoms with Gasteiger partial charge in [0.05, 0.1) is 15.7 Å². The molecule has 130 valence electrons. The van der Waals surface area contributed by atoms with Gasteiger partial charge in [-0.25, -0.2) is 4.98 Å². The minimum absolute atomic E-state index is 0.238. The Hall–Kier alpha value is -1.23. The fraction of sp³-hybridized carbons (Fsp3) is 0.412. The average molecular weight is 388 g/mol. The largest absolute Gasteiger partial charge is 0.383 e. The molecule has 0 spiro atoms. The zero-order chi connectivity index (χ0) is 17.7. The van der Waals surface area contributed by atoms with Crippen molar-refractivity contribution >= 4 is 46.6 Å². The highest BCUT2D eigenvalue weighted by Crippen LogP contribution is 2.30. The summed E-state index contributed by atoms with van der Waals surface area (Å²) >= 11 is 18.2. The number of unbranched alkanes of at least 4 members (excludes halogenated alkanes) is 2. The molecule has 0 unspecified atom stereocenters. The van der Waals surface area contributed by atoms with Crippen molar-refractivity contribution in [3.8, 4) is 0 Å². The molecule has 7 heteroatoms. The molecule has 0 radical (unpaired) electrons. The van der Waals surface area contributed by atoms with Gasteiger partial charge in [-0.15, -0.1) is 0 Å². The molecule has 2 aromatic rings. The Balaban J connectivity index is 1.87. The first-order chi connectivity index (χ1) is 11.4. The molecule has 0 aliphatic carbocycles. The molecular weight excluding hydrogens is 367 g/mol. The average Bonchev–Trinajstić information content (AvgIpc) is 2.52. The normalized spacial score (nSPS) is 11.0. The molecule has 0 aliphatic heterocycles. The predicted molar refractivity (Wildman–Crippen MR) is 103 cm³/mol. The monoisotopic (exact) mass is 386 g/mol. The van der Waals surface area contributed by atoms with E-state index in [1.807, 2.05) is 13.0 Å². The summed E-state index contributed by atoms with van der Waals surface area (Å²) in [5, 5.41) is 1.68. The Labute approximate surface area is 157 Å². The second kappa shape index (κ2) is 8.75. The molecule has 0 saturated heterocycles. The van der Waals surface area contributed by atoms with Crippen molar-refractivity contribution in [1.82, 2.24) is 9.97 Å². The maximum atomic E-state index is 6.20. The molecule has 0 amide bonds. The molecule has 0 fully saturated rings. The molecule has 0 bridgehead atoms. The van der Waals surface area contributed by atoms with Crippen LogP contribution in [-0.4, -0.2) is 9.97 Å². The number of hydrogen-bond acceptors (Lipinski definition) is 4. The van der Waals surface area contributed by atoms with E-state index >= 15 is 0 Å². The van der Waals surface area contributed by atoms with Crippen LogP contribution in [-0.2, 0) is 19.3 Å². The minimum Gasteiger partial charge on any atom is -0.383 e. The van der Waals surface area contributed by atoms with Crippen molar-refractivity contribution in [3.05, 3.63) is 44.0 Å². The molecule has 4 N–H and O–H groups in total. The standard InChI is InChI=1S/C17H21Cl3N4/c1-2-15-11(16(21)24-17(22)23-15)7-5-3-4-6-10-8-13(19)14(20)9-12(10)18/h8-9H,2-7H2,1H3,(H4,21,22,23,24). The highest BCUT2D eigenvalue weighted by molar-refractivity contribution is 6.43. The topological polar surface area (TPSA) is 77.8 Å². The lowest BCUT2D eigenvalue weighted by atomic mass is 10.0. The number of nitrogen functional groups attached to an aromatic ring is 2. The summed E-state index contributed by atoms with van der Waals surface area (Å²) in [4.78, 5) is 8.33. The van der Waals surface area contributed by atoms with Crippen LogP contribution in [0.25, 0.3) is 0 Å². The first-order valence-electron chi connectivity index (χ1n) is 7.96. The second-order valence-electron chi connectivity index (χ2n) is 5.66. The van der Waals surface area contributed by atoms with Crippen LogP contribution >= 0.6 is 34.8 Å². The number of nitrogens with two attached hydrogens (primary N) is 2. The van der Waals surface area contributed by atoms with Gasteiger partial charge in [0.2, 0.25) is 5.95 Å². The summed E-state index contributed by atoms with van der Waals surface area (Å²) in [5.41, 5.74) is 14.6.